The minimum atomic E-state index is -2.84. The fourth-order valence-corrected chi connectivity index (χ4v) is 3.47. The van der Waals surface area contributed by atoms with Crippen LogP contribution in [-0.2, 0) is 9.84 Å². The van der Waals surface area contributed by atoms with Crippen LogP contribution in [0, 0.1) is 5.92 Å². The molecule has 1 fully saturated rings. The van der Waals surface area contributed by atoms with Crippen molar-refractivity contribution in [2.24, 2.45) is 11.7 Å². The molecule has 1 heterocycles. The zero-order chi connectivity index (χ0) is 11.5. The number of sulfone groups is 1. The van der Waals surface area contributed by atoms with Gasteiger partial charge in [-0.1, -0.05) is 13.8 Å². The van der Waals surface area contributed by atoms with E-state index < -0.39 is 9.84 Å². The monoisotopic (exact) mass is 234 g/mol. The molecule has 0 aromatic heterocycles. The fourth-order valence-electron chi connectivity index (χ4n) is 1.86. The van der Waals surface area contributed by atoms with E-state index in [0.29, 0.717) is 24.8 Å². The molecule has 1 saturated heterocycles. The topological polar surface area (TPSA) is 63.4 Å². The molecule has 0 radical (unpaired) electrons. The molecule has 0 saturated carbocycles. The average molecular weight is 234 g/mol. The molecule has 0 aromatic rings. The van der Waals surface area contributed by atoms with Gasteiger partial charge in [-0.3, -0.25) is 4.90 Å². The van der Waals surface area contributed by atoms with E-state index in [1.165, 1.54) is 0 Å². The van der Waals surface area contributed by atoms with E-state index in [2.05, 4.69) is 18.7 Å². The average Bonchev–Trinajstić information content (AvgIpc) is 2.14. The van der Waals surface area contributed by atoms with Crippen LogP contribution in [-0.4, -0.2) is 50.5 Å². The van der Waals surface area contributed by atoms with Crippen molar-refractivity contribution >= 4 is 9.84 Å². The Kier molecular flexibility index (Phi) is 4.55. The number of nitrogens with zero attached hydrogens (tertiary/aromatic N) is 1. The molecule has 1 atom stereocenters. The molecule has 5 heteroatoms. The van der Waals surface area contributed by atoms with Gasteiger partial charge >= 0.3 is 0 Å². The third-order valence-corrected chi connectivity index (χ3v) is 4.62. The SMILES string of the molecule is CC(C)CCN1CCS(=O)(=O)CC1CN. The Bertz CT molecular complexity index is 288. The first-order chi connectivity index (χ1) is 6.94. The lowest BCUT2D eigenvalue weighted by molar-refractivity contribution is 0.206. The maximum Gasteiger partial charge on any atom is 0.153 e. The van der Waals surface area contributed by atoms with Gasteiger partial charge in [0.05, 0.1) is 11.5 Å². The van der Waals surface area contributed by atoms with Crippen LogP contribution in [0.1, 0.15) is 20.3 Å². The summed E-state index contributed by atoms with van der Waals surface area (Å²) in [4.78, 5) is 2.22. The maximum atomic E-state index is 11.4. The largest absolute Gasteiger partial charge is 0.329 e. The van der Waals surface area contributed by atoms with Gasteiger partial charge in [-0.25, -0.2) is 8.42 Å². The van der Waals surface area contributed by atoms with Crippen LogP contribution in [0.15, 0.2) is 0 Å². The van der Waals surface area contributed by atoms with Crippen molar-refractivity contribution in [2.75, 3.05) is 31.1 Å². The lowest BCUT2D eigenvalue weighted by Gasteiger charge is -2.35. The summed E-state index contributed by atoms with van der Waals surface area (Å²) in [6.45, 7) is 6.42. The summed E-state index contributed by atoms with van der Waals surface area (Å²) in [5.41, 5.74) is 5.62. The first kappa shape index (κ1) is 12.9. The van der Waals surface area contributed by atoms with Crippen molar-refractivity contribution < 1.29 is 8.42 Å². The molecular formula is C10H22N2O2S. The van der Waals surface area contributed by atoms with Crippen LogP contribution in [0.25, 0.3) is 0 Å². The molecule has 1 aliphatic heterocycles. The second kappa shape index (κ2) is 5.27. The van der Waals surface area contributed by atoms with Crippen LogP contribution in [0.5, 0.6) is 0 Å². The normalized spacial score (nSPS) is 27.1. The summed E-state index contributed by atoms with van der Waals surface area (Å²) >= 11 is 0. The molecule has 1 rings (SSSR count). The van der Waals surface area contributed by atoms with Crippen LogP contribution >= 0.6 is 0 Å². The lowest BCUT2D eigenvalue weighted by Crippen LogP contribution is -2.52. The minimum absolute atomic E-state index is 0.0301. The summed E-state index contributed by atoms with van der Waals surface area (Å²) in [6.07, 6.45) is 1.11. The molecule has 0 aromatic carbocycles. The zero-order valence-corrected chi connectivity index (χ0v) is 10.5. The quantitative estimate of drug-likeness (QED) is 0.749. The van der Waals surface area contributed by atoms with E-state index in [4.69, 9.17) is 5.73 Å². The highest BCUT2D eigenvalue weighted by molar-refractivity contribution is 7.91. The molecule has 0 amide bonds. The molecule has 0 spiro atoms. The van der Waals surface area contributed by atoms with E-state index in [9.17, 15) is 8.42 Å². The first-order valence-corrected chi connectivity index (χ1v) is 7.41. The molecule has 2 N–H and O–H groups in total. The van der Waals surface area contributed by atoms with Crippen LogP contribution in [0.3, 0.4) is 0 Å². The Labute approximate surface area is 92.7 Å². The Hall–Kier alpha value is -0.130. The van der Waals surface area contributed by atoms with Gasteiger partial charge < -0.3 is 5.73 Å². The van der Waals surface area contributed by atoms with Crippen molar-refractivity contribution in [1.29, 1.82) is 0 Å². The van der Waals surface area contributed by atoms with E-state index in [0.717, 1.165) is 13.0 Å². The van der Waals surface area contributed by atoms with Gasteiger partial charge in [-0.15, -0.1) is 0 Å². The van der Waals surface area contributed by atoms with Crippen LogP contribution in [0.2, 0.25) is 0 Å². The third kappa shape index (κ3) is 4.09. The highest BCUT2D eigenvalue weighted by Gasteiger charge is 2.29. The van der Waals surface area contributed by atoms with Gasteiger partial charge in [0.2, 0.25) is 0 Å². The number of hydrogen-bond acceptors (Lipinski definition) is 4. The van der Waals surface area contributed by atoms with E-state index >= 15 is 0 Å². The molecular weight excluding hydrogens is 212 g/mol. The van der Waals surface area contributed by atoms with Gasteiger partial charge in [-0.2, -0.15) is 0 Å². The summed E-state index contributed by atoms with van der Waals surface area (Å²) in [6, 6.07) is 0.0301. The van der Waals surface area contributed by atoms with Crippen molar-refractivity contribution in [3.05, 3.63) is 0 Å². The first-order valence-electron chi connectivity index (χ1n) is 5.59. The summed E-state index contributed by atoms with van der Waals surface area (Å²) < 4.78 is 22.8. The van der Waals surface area contributed by atoms with Gasteiger partial charge in [0.15, 0.2) is 9.84 Å². The zero-order valence-electron chi connectivity index (χ0n) is 9.65. The van der Waals surface area contributed by atoms with E-state index in [1.54, 1.807) is 0 Å². The predicted octanol–water partition coefficient (Wildman–Crippen LogP) is 0.0902. The summed E-state index contributed by atoms with van der Waals surface area (Å²) in [5, 5.41) is 0. The molecule has 0 bridgehead atoms. The number of hydrogen-bond donors (Lipinski definition) is 1. The Morgan fingerprint density at radius 2 is 2.13 bits per heavy atom. The summed E-state index contributed by atoms with van der Waals surface area (Å²) in [5.74, 6) is 1.19. The van der Waals surface area contributed by atoms with Crippen LogP contribution < -0.4 is 5.73 Å². The van der Waals surface area contributed by atoms with Crippen molar-refractivity contribution in [3.8, 4) is 0 Å². The highest BCUT2D eigenvalue weighted by atomic mass is 32.2. The standard InChI is InChI=1S/C10H22N2O2S/c1-9(2)3-4-12-5-6-15(13,14)8-10(12)7-11/h9-10H,3-8,11H2,1-2H3. The molecule has 0 aliphatic carbocycles. The Morgan fingerprint density at radius 1 is 1.47 bits per heavy atom. The van der Waals surface area contributed by atoms with Crippen molar-refractivity contribution in [2.45, 2.75) is 26.3 Å². The van der Waals surface area contributed by atoms with Gasteiger partial charge in [0, 0.05) is 19.1 Å². The van der Waals surface area contributed by atoms with Crippen LogP contribution in [0.4, 0.5) is 0 Å². The highest BCUT2D eigenvalue weighted by Crippen LogP contribution is 2.13. The molecule has 90 valence electrons. The lowest BCUT2D eigenvalue weighted by atomic mass is 10.1. The second-order valence-corrected chi connectivity index (χ2v) is 6.95. The molecule has 4 nitrogen and oxygen atoms in total. The Balaban J connectivity index is 2.51. The molecule has 1 unspecified atom stereocenters. The maximum absolute atomic E-state index is 11.4. The van der Waals surface area contributed by atoms with E-state index in [-0.39, 0.29) is 11.8 Å². The predicted molar refractivity (Wildman–Crippen MR) is 62.5 cm³/mol. The third-order valence-electron chi connectivity index (χ3n) is 2.92. The smallest absolute Gasteiger partial charge is 0.153 e. The van der Waals surface area contributed by atoms with Gasteiger partial charge in [0.25, 0.3) is 0 Å². The fraction of sp³-hybridized carbons (Fsp3) is 1.00. The summed E-state index contributed by atoms with van der Waals surface area (Å²) in [7, 11) is -2.84. The minimum Gasteiger partial charge on any atom is -0.329 e. The molecule has 1 aliphatic rings. The number of rotatable bonds is 4. The number of nitrogens with two attached hydrogens (primary N) is 1. The van der Waals surface area contributed by atoms with Crippen molar-refractivity contribution in [3.63, 3.8) is 0 Å². The second-order valence-electron chi connectivity index (χ2n) is 4.72. The Morgan fingerprint density at radius 3 is 2.67 bits per heavy atom. The van der Waals surface area contributed by atoms with Crippen molar-refractivity contribution in [1.82, 2.24) is 4.90 Å². The molecule has 15 heavy (non-hydrogen) atoms. The van der Waals surface area contributed by atoms with Gasteiger partial charge in [-0.05, 0) is 18.9 Å². The van der Waals surface area contributed by atoms with Gasteiger partial charge in [0.1, 0.15) is 0 Å². The van der Waals surface area contributed by atoms with E-state index in [1.807, 2.05) is 0 Å².